The summed E-state index contributed by atoms with van der Waals surface area (Å²) in [4.78, 5) is 2.13. The normalized spacial score (nSPS) is 26.2. The molecule has 5 heteroatoms. The van der Waals surface area contributed by atoms with Crippen LogP contribution in [0.25, 0.3) is 0 Å². The topological polar surface area (TPSA) is 37.4 Å². The van der Waals surface area contributed by atoms with Gasteiger partial charge in [-0.05, 0) is 44.1 Å². The third-order valence-corrected chi connectivity index (χ3v) is 5.32. The van der Waals surface area contributed by atoms with E-state index in [1.807, 2.05) is 7.05 Å². The molecule has 1 fully saturated rings. The summed E-state index contributed by atoms with van der Waals surface area (Å²) in [6.07, 6.45) is 2.55. The van der Waals surface area contributed by atoms with Crippen LogP contribution >= 0.6 is 0 Å². The number of rotatable bonds is 2. The summed E-state index contributed by atoms with van der Waals surface area (Å²) < 4.78 is 36.2. The van der Waals surface area contributed by atoms with E-state index in [-0.39, 0.29) is 17.1 Å². The van der Waals surface area contributed by atoms with Gasteiger partial charge in [0.1, 0.15) is 15.7 Å². The standard InChI is InChI=1S/C13H18FNO2S/c1-15-8-7-12(18(2,16)17)9-13(15)10-3-5-11(14)6-4-10/h3-6,12-13H,7-9H2,1-2H3/t12-,13+/m0/s1. The van der Waals surface area contributed by atoms with Crippen molar-refractivity contribution in [2.75, 3.05) is 19.8 Å². The second-order valence-electron chi connectivity index (χ2n) is 5.02. The van der Waals surface area contributed by atoms with Crippen LogP contribution in [-0.4, -0.2) is 38.4 Å². The maximum atomic E-state index is 12.9. The fourth-order valence-electron chi connectivity index (χ4n) is 2.51. The van der Waals surface area contributed by atoms with Crippen LogP contribution in [0.5, 0.6) is 0 Å². The largest absolute Gasteiger partial charge is 0.299 e. The Hall–Kier alpha value is -0.940. The molecule has 0 aliphatic carbocycles. The molecule has 2 rings (SSSR count). The smallest absolute Gasteiger partial charge is 0.150 e. The second kappa shape index (κ2) is 4.97. The van der Waals surface area contributed by atoms with Crippen LogP contribution in [0.1, 0.15) is 24.4 Å². The number of benzene rings is 1. The molecule has 0 spiro atoms. The van der Waals surface area contributed by atoms with Crippen molar-refractivity contribution >= 4 is 9.84 Å². The minimum Gasteiger partial charge on any atom is -0.299 e. The van der Waals surface area contributed by atoms with Crippen molar-refractivity contribution in [1.29, 1.82) is 0 Å². The van der Waals surface area contributed by atoms with Gasteiger partial charge in [0.2, 0.25) is 0 Å². The van der Waals surface area contributed by atoms with Gasteiger partial charge < -0.3 is 0 Å². The zero-order valence-corrected chi connectivity index (χ0v) is 11.5. The van der Waals surface area contributed by atoms with Gasteiger partial charge in [0.05, 0.1) is 5.25 Å². The second-order valence-corrected chi connectivity index (χ2v) is 7.35. The molecule has 3 nitrogen and oxygen atoms in total. The third kappa shape index (κ3) is 2.90. The van der Waals surface area contributed by atoms with Crippen molar-refractivity contribution in [3.63, 3.8) is 0 Å². The van der Waals surface area contributed by atoms with Crippen LogP contribution < -0.4 is 0 Å². The van der Waals surface area contributed by atoms with Gasteiger partial charge in [0.15, 0.2) is 0 Å². The number of hydrogen-bond donors (Lipinski definition) is 0. The highest BCUT2D eigenvalue weighted by molar-refractivity contribution is 7.91. The van der Waals surface area contributed by atoms with Crippen LogP contribution in [0.15, 0.2) is 24.3 Å². The lowest BCUT2D eigenvalue weighted by Gasteiger charge is -2.36. The van der Waals surface area contributed by atoms with Crippen LogP contribution in [-0.2, 0) is 9.84 Å². The number of sulfone groups is 1. The Kier molecular flexibility index (Phi) is 3.73. The number of likely N-dealkylation sites (tertiary alicyclic amines) is 1. The fraction of sp³-hybridized carbons (Fsp3) is 0.538. The average Bonchev–Trinajstić information content (AvgIpc) is 2.29. The highest BCUT2D eigenvalue weighted by Crippen LogP contribution is 2.32. The van der Waals surface area contributed by atoms with Crippen molar-refractivity contribution in [3.8, 4) is 0 Å². The van der Waals surface area contributed by atoms with Gasteiger partial charge in [-0.2, -0.15) is 0 Å². The SMILES string of the molecule is CN1CC[C@H](S(C)(=O)=O)C[C@@H]1c1ccc(F)cc1. The first-order valence-electron chi connectivity index (χ1n) is 6.02. The average molecular weight is 271 g/mol. The van der Waals surface area contributed by atoms with E-state index in [0.29, 0.717) is 12.8 Å². The van der Waals surface area contributed by atoms with E-state index in [2.05, 4.69) is 4.90 Å². The minimum absolute atomic E-state index is 0.0547. The van der Waals surface area contributed by atoms with E-state index in [4.69, 9.17) is 0 Å². The van der Waals surface area contributed by atoms with Crippen LogP contribution in [0.3, 0.4) is 0 Å². The fourth-order valence-corrected chi connectivity index (χ4v) is 3.58. The molecule has 1 aromatic carbocycles. The van der Waals surface area contributed by atoms with Crippen molar-refractivity contribution in [3.05, 3.63) is 35.6 Å². The molecule has 1 aliphatic rings. The Balaban J connectivity index is 2.23. The first-order chi connectivity index (χ1) is 8.38. The molecule has 18 heavy (non-hydrogen) atoms. The maximum absolute atomic E-state index is 12.9. The molecule has 1 heterocycles. The molecule has 0 saturated carbocycles. The molecule has 0 amide bonds. The molecule has 0 N–H and O–H groups in total. The summed E-state index contributed by atoms with van der Waals surface area (Å²) in [6.45, 7) is 0.750. The molecule has 0 unspecified atom stereocenters. The maximum Gasteiger partial charge on any atom is 0.150 e. The number of halogens is 1. The highest BCUT2D eigenvalue weighted by atomic mass is 32.2. The molecule has 1 aliphatic heterocycles. The Bertz CT molecular complexity index is 512. The molecule has 0 aromatic heterocycles. The Morgan fingerprint density at radius 3 is 2.44 bits per heavy atom. The lowest BCUT2D eigenvalue weighted by molar-refractivity contribution is 0.189. The summed E-state index contributed by atoms with van der Waals surface area (Å²) >= 11 is 0. The molecule has 2 atom stereocenters. The molecule has 1 aromatic rings. The zero-order chi connectivity index (χ0) is 13.3. The summed E-state index contributed by atoms with van der Waals surface area (Å²) in [7, 11) is -1.02. The third-order valence-electron chi connectivity index (χ3n) is 3.68. The summed E-state index contributed by atoms with van der Waals surface area (Å²) in [5, 5.41) is -0.288. The summed E-state index contributed by atoms with van der Waals surface area (Å²) in [6, 6.07) is 6.38. The van der Waals surface area contributed by atoms with Gasteiger partial charge in [-0.15, -0.1) is 0 Å². The number of nitrogens with zero attached hydrogens (tertiary/aromatic N) is 1. The van der Waals surface area contributed by atoms with Crippen molar-refractivity contribution in [2.45, 2.75) is 24.1 Å². The van der Waals surface area contributed by atoms with E-state index in [0.717, 1.165) is 12.1 Å². The monoisotopic (exact) mass is 271 g/mol. The van der Waals surface area contributed by atoms with E-state index in [9.17, 15) is 12.8 Å². The van der Waals surface area contributed by atoms with Gasteiger partial charge >= 0.3 is 0 Å². The predicted octanol–water partition coefficient (Wildman–Crippen LogP) is 2.01. The molecule has 0 bridgehead atoms. The van der Waals surface area contributed by atoms with Crippen molar-refractivity contribution in [2.24, 2.45) is 0 Å². The Morgan fingerprint density at radius 1 is 1.28 bits per heavy atom. The molecular weight excluding hydrogens is 253 g/mol. The van der Waals surface area contributed by atoms with E-state index in [1.165, 1.54) is 18.4 Å². The Labute approximate surface area is 108 Å². The van der Waals surface area contributed by atoms with Crippen molar-refractivity contribution in [1.82, 2.24) is 4.90 Å². The zero-order valence-electron chi connectivity index (χ0n) is 10.6. The van der Waals surface area contributed by atoms with Gasteiger partial charge in [-0.1, -0.05) is 12.1 Å². The molecule has 1 saturated heterocycles. The number of piperidine rings is 1. The van der Waals surface area contributed by atoms with Gasteiger partial charge in [0.25, 0.3) is 0 Å². The lowest BCUT2D eigenvalue weighted by Crippen LogP contribution is -2.39. The van der Waals surface area contributed by atoms with E-state index >= 15 is 0 Å². The van der Waals surface area contributed by atoms with Crippen LogP contribution in [0.2, 0.25) is 0 Å². The predicted molar refractivity (Wildman–Crippen MR) is 69.6 cm³/mol. The molecule has 0 radical (unpaired) electrons. The summed E-state index contributed by atoms with van der Waals surface area (Å²) in [5.74, 6) is -0.267. The van der Waals surface area contributed by atoms with Gasteiger partial charge in [-0.3, -0.25) is 4.90 Å². The first-order valence-corrected chi connectivity index (χ1v) is 7.98. The summed E-state index contributed by atoms with van der Waals surface area (Å²) in [5.41, 5.74) is 0.979. The first kappa shape index (κ1) is 13.5. The quantitative estimate of drug-likeness (QED) is 0.825. The van der Waals surface area contributed by atoms with Gasteiger partial charge in [-0.25, -0.2) is 12.8 Å². The lowest BCUT2D eigenvalue weighted by atomic mass is 9.95. The van der Waals surface area contributed by atoms with E-state index in [1.54, 1.807) is 12.1 Å². The van der Waals surface area contributed by atoms with Gasteiger partial charge in [0, 0.05) is 12.3 Å². The van der Waals surface area contributed by atoms with Crippen molar-refractivity contribution < 1.29 is 12.8 Å². The highest BCUT2D eigenvalue weighted by Gasteiger charge is 2.32. The Morgan fingerprint density at radius 2 is 1.89 bits per heavy atom. The minimum atomic E-state index is -3.00. The van der Waals surface area contributed by atoms with E-state index < -0.39 is 9.84 Å². The molecule has 100 valence electrons. The van der Waals surface area contributed by atoms with Crippen LogP contribution in [0, 0.1) is 5.82 Å². The van der Waals surface area contributed by atoms with Crippen LogP contribution in [0.4, 0.5) is 4.39 Å². The number of hydrogen-bond acceptors (Lipinski definition) is 3. The molecular formula is C13H18FNO2S.